The number of benzene rings is 1. The summed E-state index contributed by atoms with van der Waals surface area (Å²) in [5.41, 5.74) is 5.51. The highest BCUT2D eigenvalue weighted by atomic mass is 16.5. The van der Waals surface area contributed by atoms with Gasteiger partial charge < -0.3 is 4.74 Å². The van der Waals surface area contributed by atoms with Gasteiger partial charge in [-0.05, 0) is 105 Å². The van der Waals surface area contributed by atoms with Crippen LogP contribution in [0.3, 0.4) is 0 Å². The predicted molar refractivity (Wildman–Crippen MR) is 135 cm³/mol. The van der Waals surface area contributed by atoms with Gasteiger partial charge >= 0.3 is 0 Å². The Morgan fingerprint density at radius 3 is 2.58 bits per heavy atom. The van der Waals surface area contributed by atoms with Crippen LogP contribution in [0.2, 0.25) is 0 Å². The molecule has 1 aromatic rings. The fraction of sp³-hybridized carbons (Fsp3) is 0.700. The van der Waals surface area contributed by atoms with Crippen molar-refractivity contribution in [1.29, 1.82) is 0 Å². The molecule has 4 aliphatic carbocycles. The Labute approximate surface area is 200 Å². The SMILES string of the molecule is C/C=C1\CC[C@]2(C)C3CC[C@]4(C)C5=NN(C)[C@H](c6ccc(OC)cc6)[C@H]5C[C@H]4C3CC[C@H]2C1. The summed E-state index contributed by atoms with van der Waals surface area (Å²) in [4.78, 5) is 0. The normalized spacial score (nSPS) is 45.2. The average molecular weight is 447 g/mol. The van der Waals surface area contributed by atoms with E-state index >= 15 is 0 Å². The number of hydrogen-bond donors (Lipinski definition) is 0. The summed E-state index contributed by atoms with van der Waals surface area (Å²) in [6.45, 7) is 7.53. The maximum atomic E-state index is 5.42. The molecular weight excluding hydrogens is 404 g/mol. The molecule has 0 amide bonds. The van der Waals surface area contributed by atoms with E-state index in [9.17, 15) is 0 Å². The molecule has 3 heteroatoms. The van der Waals surface area contributed by atoms with Crippen LogP contribution in [-0.4, -0.2) is 24.9 Å². The van der Waals surface area contributed by atoms with Gasteiger partial charge in [-0.2, -0.15) is 5.10 Å². The second-order valence-corrected chi connectivity index (χ2v) is 12.4. The summed E-state index contributed by atoms with van der Waals surface area (Å²) < 4.78 is 5.42. The molecule has 0 radical (unpaired) electrons. The molecule has 3 nitrogen and oxygen atoms in total. The van der Waals surface area contributed by atoms with E-state index in [0.717, 1.165) is 29.4 Å². The number of allylic oxidation sites excluding steroid dienone is 2. The smallest absolute Gasteiger partial charge is 0.118 e. The summed E-state index contributed by atoms with van der Waals surface area (Å²) >= 11 is 0. The quantitative estimate of drug-likeness (QED) is 0.447. The Hall–Kier alpha value is -1.77. The Balaban J connectivity index is 1.29. The van der Waals surface area contributed by atoms with Crippen molar-refractivity contribution in [3.05, 3.63) is 41.5 Å². The van der Waals surface area contributed by atoms with Crippen molar-refractivity contribution in [3.63, 3.8) is 0 Å². The van der Waals surface area contributed by atoms with Crippen LogP contribution < -0.4 is 4.74 Å². The van der Waals surface area contributed by atoms with Gasteiger partial charge in [0.25, 0.3) is 0 Å². The van der Waals surface area contributed by atoms with E-state index in [1.165, 1.54) is 62.6 Å². The molecular formula is C30H42N2O. The Kier molecular flexibility index (Phi) is 5.02. The van der Waals surface area contributed by atoms with Crippen molar-refractivity contribution in [2.24, 2.45) is 45.5 Å². The Morgan fingerprint density at radius 1 is 1.06 bits per heavy atom. The second-order valence-electron chi connectivity index (χ2n) is 12.4. The summed E-state index contributed by atoms with van der Waals surface area (Å²) in [6, 6.07) is 9.14. The minimum atomic E-state index is 0.299. The first-order valence-electron chi connectivity index (χ1n) is 13.5. The van der Waals surface area contributed by atoms with Crippen LogP contribution in [0, 0.1) is 40.4 Å². The van der Waals surface area contributed by atoms with Crippen molar-refractivity contribution >= 4 is 5.71 Å². The third-order valence-corrected chi connectivity index (χ3v) is 11.3. The van der Waals surface area contributed by atoms with Crippen molar-refractivity contribution < 1.29 is 4.74 Å². The number of rotatable bonds is 2. The fourth-order valence-electron chi connectivity index (χ4n) is 9.46. The molecule has 33 heavy (non-hydrogen) atoms. The Morgan fingerprint density at radius 2 is 1.85 bits per heavy atom. The molecule has 178 valence electrons. The molecule has 0 N–H and O–H groups in total. The predicted octanol–water partition coefficient (Wildman–Crippen LogP) is 7.25. The summed E-state index contributed by atoms with van der Waals surface area (Å²) in [7, 11) is 3.94. The van der Waals surface area contributed by atoms with E-state index in [4.69, 9.17) is 9.84 Å². The molecule has 0 bridgehead atoms. The minimum absolute atomic E-state index is 0.299. The molecule has 1 heterocycles. The zero-order valence-corrected chi connectivity index (χ0v) is 21.3. The molecule has 6 rings (SSSR count). The highest BCUT2D eigenvalue weighted by Gasteiger charge is 2.63. The zero-order valence-electron chi connectivity index (χ0n) is 21.3. The third kappa shape index (κ3) is 3.03. The fourth-order valence-corrected chi connectivity index (χ4v) is 9.46. The van der Waals surface area contributed by atoms with Crippen LogP contribution in [0.25, 0.3) is 0 Å². The van der Waals surface area contributed by atoms with Gasteiger partial charge in [-0.25, -0.2) is 0 Å². The van der Waals surface area contributed by atoms with Gasteiger partial charge in [-0.15, -0.1) is 0 Å². The lowest BCUT2D eigenvalue weighted by Gasteiger charge is -2.60. The molecule has 1 aromatic carbocycles. The summed E-state index contributed by atoms with van der Waals surface area (Å²) in [5.74, 6) is 5.06. The first kappa shape index (κ1) is 21.7. The lowest BCUT2D eigenvalue weighted by atomic mass is 9.45. The number of nitrogens with zero attached hydrogens (tertiary/aromatic N) is 2. The molecule has 0 saturated heterocycles. The van der Waals surface area contributed by atoms with Gasteiger partial charge in [-0.3, -0.25) is 5.01 Å². The lowest BCUT2D eigenvalue weighted by Crippen LogP contribution is -2.53. The zero-order chi connectivity index (χ0) is 23.0. The van der Waals surface area contributed by atoms with E-state index < -0.39 is 0 Å². The maximum absolute atomic E-state index is 5.42. The van der Waals surface area contributed by atoms with Crippen molar-refractivity contribution in [2.75, 3.05) is 14.2 Å². The van der Waals surface area contributed by atoms with Crippen LogP contribution in [0.5, 0.6) is 5.75 Å². The third-order valence-electron chi connectivity index (χ3n) is 11.3. The van der Waals surface area contributed by atoms with Crippen LogP contribution in [0.15, 0.2) is 41.0 Å². The first-order valence-corrected chi connectivity index (χ1v) is 13.5. The van der Waals surface area contributed by atoms with Crippen LogP contribution in [0.4, 0.5) is 0 Å². The van der Waals surface area contributed by atoms with Crippen LogP contribution in [0.1, 0.15) is 83.7 Å². The van der Waals surface area contributed by atoms with E-state index in [-0.39, 0.29) is 0 Å². The first-order chi connectivity index (χ1) is 15.9. The van der Waals surface area contributed by atoms with Gasteiger partial charge in [0.15, 0.2) is 0 Å². The second kappa shape index (κ2) is 7.62. The van der Waals surface area contributed by atoms with E-state index in [1.54, 1.807) is 12.7 Å². The van der Waals surface area contributed by atoms with Gasteiger partial charge in [0, 0.05) is 24.1 Å². The highest BCUT2D eigenvalue weighted by molar-refractivity contribution is 5.96. The van der Waals surface area contributed by atoms with E-state index in [1.807, 2.05) is 0 Å². The summed E-state index contributed by atoms with van der Waals surface area (Å²) in [5, 5.41) is 7.55. The number of methoxy groups -OCH3 is 1. The number of ether oxygens (including phenoxy) is 1. The van der Waals surface area contributed by atoms with Crippen molar-refractivity contribution in [2.45, 2.75) is 78.2 Å². The maximum Gasteiger partial charge on any atom is 0.118 e. The van der Waals surface area contributed by atoms with E-state index in [2.05, 4.69) is 63.2 Å². The van der Waals surface area contributed by atoms with Crippen molar-refractivity contribution in [1.82, 2.24) is 5.01 Å². The topological polar surface area (TPSA) is 24.8 Å². The molecule has 8 atom stereocenters. The average Bonchev–Trinajstić information content (AvgIpc) is 3.30. The van der Waals surface area contributed by atoms with Crippen LogP contribution >= 0.6 is 0 Å². The number of hydrogen-bond acceptors (Lipinski definition) is 3. The molecule has 4 saturated carbocycles. The van der Waals surface area contributed by atoms with Gasteiger partial charge in [0.05, 0.1) is 13.2 Å². The van der Waals surface area contributed by atoms with E-state index in [0.29, 0.717) is 22.8 Å². The number of fused-ring (bicyclic) bond motifs is 7. The van der Waals surface area contributed by atoms with Crippen molar-refractivity contribution in [3.8, 4) is 5.75 Å². The van der Waals surface area contributed by atoms with Gasteiger partial charge in [0.1, 0.15) is 5.75 Å². The van der Waals surface area contributed by atoms with Gasteiger partial charge in [0.2, 0.25) is 0 Å². The molecule has 1 aliphatic heterocycles. The molecule has 4 fully saturated rings. The largest absolute Gasteiger partial charge is 0.497 e. The van der Waals surface area contributed by atoms with Crippen LogP contribution in [-0.2, 0) is 0 Å². The lowest BCUT2D eigenvalue weighted by molar-refractivity contribution is -0.0883. The minimum Gasteiger partial charge on any atom is -0.497 e. The van der Waals surface area contributed by atoms with Gasteiger partial charge in [-0.1, -0.05) is 37.6 Å². The molecule has 0 spiro atoms. The summed E-state index contributed by atoms with van der Waals surface area (Å²) in [6.07, 6.45) is 13.5. The Bertz CT molecular complexity index is 980. The highest BCUT2D eigenvalue weighted by Crippen LogP contribution is 2.68. The molecule has 0 aromatic heterocycles. The number of hydrazone groups is 1. The monoisotopic (exact) mass is 446 g/mol. The molecule has 2 unspecified atom stereocenters. The molecule has 5 aliphatic rings. The standard InChI is InChI=1S/C30H42N2O/c1-6-19-13-15-29(2)21(17-19)9-12-23-25(29)14-16-30(3)26(23)18-24-27(32(4)31-28(24)30)20-7-10-22(33-5)11-8-20/h6-8,10-11,21,23-27H,9,12-18H2,1-5H3/b19-6+/t21-,23?,24+,25?,26-,27+,29-,30-/m0/s1.